The fourth-order valence-electron chi connectivity index (χ4n) is 2.33. The molecule has 154 valence electrons. The Morgan fingerprint density at radius 1 is 1.28 bits per heavy atom. The molecule has 3 aromatic rings. The van der Waals surface area contributed by atoms with Crippen molar-refractivity contribution in [3.63, 3.8) is 0 Å². The summed E-state index contributed by atoms with van der Waals surface area (Å²) in [7, 11) is 2.76. The van der Waals surface area contributed by atoms with Crippen LogP contribution in [-0.2, 0) is 11.9 Å². The van der Waals surface area contributed by atoms with Gasteiger partial charge in [-0.1, -0.05) is 39.7 Å². The van der Waals surface area contributed by atoms with Crippen molar-refractivity contribution in [2.45, 2.75) is 6.61 Å². The van der Waals surface area contributed by atoms with E-state index in [1.807, 2.05) is 0 Å². The van der Waals surface area contributed by atoms with E-state index in [-0.39, 0.29) is 27.1 Å². The van der Waals surface area contributed by atoms with E-state index in [2.05, 4.69) is 19.8 Å². The zero-order valence-electron chi connectivity index (χ0n) is 14.8. The highest BCUT2D eigenvalue weighted by Crippen LogP contribution is 2.41. The van der Waals surface area contributed by atoms with Crippen LogP contribution in [0.2, 0.25) is 10.0 Å². The second kappa shape index (κ2) is 8.93. The van der Waals surface area contributed by atoms with E-state index in [0.29, 0.717) is 5.06 Å². The van der Waals surface area contributed by atoms with Crippen LogP contribution < -0.4 is 9.47 Å². The predicted octanol–water partition coefficient (Wildman–Crippen LogP) is 5.97. The number of oxime groups is 1. The summed E-state index contributed by atoms with van der Waals surface area (Å²) in [5, 5.41) is 7.81. The maximum atomic E-state index is 14.5. The summed E-state index contributed by atoms with van der Waals surface area (Å²) in [4.78, 5) is 5.36. The summed E-state index contributed by atoms with van der Waals surface area (Å²) in [6.07, 6.45) is 1.49. The van der Waals surface area contributed by atoms with Crippen molar-refractivity contribution in [1.29, 1.82) is 0 Å². The molecule has 0 saturated heterocycles. The van der Waals surface area contributed by atoms with Crippen LogP contribution in [0.4, 0.5) is 13.2 Å². The number of alkyl halides is 2. The standard InChI is InChI=1S/C17H12Cl2F3N3O3S/c1-25-16(28-17(21)22)14(19)15(24-25)9-5-12(10(18)6-11(9)20)27-13-4-3-8(29-13)7-23-26-2/h3-7,17H,1-2H3/b23-7+. The Morgan fingerprint density at radius 2 is 2.03 bits per heavy atom. The normalized spacial score (nSPS) is 11.4. The molecule has 0 N–H and O–H groups in total. The molecule has 0 unspecified atom stereocenters. The Balaban J connectivity index is 1.96. The topological polar surface area (TPSA) is 57.9 Å². The Hall–Kier alpha value is -2.43. The number of halogens is 5. The SMILES string of the molecule is CO/N=C/c1ccc(Oc2cc(-c3nn(C)c(OC(F)F)c3Cl)c(F)cc2Cl)s1. The van der Waals surface area contributed by atoms with Crippen LogP contribution in [0.15, 0.2) is 29.4 Å². The highest BCUT2D eigenvalue weighted by Gasteiger charge is 2.23. The number of ether oxygens (including phenoxy) is 2. The van der Waals surface area contributed by atoms with Crippen molar-refractivity contribution in [1.82, 2.24) is 9.78 Å². The predicted molar refractivity (Wildman–Crippen MR) is 104 cm³/mol. The van der Waals surface area contributed by atoms with Gasteiger partial charge in [0.1, 0.15) is 29.4 Å². The number of aromatic nitrogens is 2. The van der Waals surface area contributed by atoms with Crippen LogP contribution in [0, 0.1) is 5.82 Å². The minimum atomic E-state index is -3.11. The van der Waals surface area contributed by atoms with Gasteiger partial charge >= 0.3 is 6.61 Å². The van der Waals surface area contributed by atoms with Gasteiger partial charge in [0, 0.05) is 12.6 Å². The maximum Gasteiger partial charge on any atom is 0.388 e. The van der Waals surface area contributed by atoms with Gasteiger partial charge < -0.3 is 14.3 Å². The minimum Gasteiger partial charge on any atom is -0.445 e. The Labute approximate surface area is 177 Å². The number of hydrogen-bond acceptors (Lipinski definition) is 6. The maximum absolute atomic E-state index is 14.5. The summed E-state index contributed by atoms with van der Waals surface area (Å²) in [5.41, 5.74) is -0.185. The van der Waals surface area contributed by atoms with Crippen LogP contribution in [0.3, 0.4) is 0 Å². The van der Waals surface area contributed by atoms with Crippen LogP contribution in [-0.4, -0.2) is 29.7 Å². The van der Waals surface area contributed by atoms with Gasteiger partial charge in [0.05, 0.1) is 16.1 Å². The van der Waals surface area contributed by atoms with Crippen molar-refractivity contribution in [3.8, 4) is 28.0 Å². The summed E-state index contributed by atoms with van der Waals surface area (Å²) in [5.74, 6) is -1.03. The van der Waals surface area contributed by atoms with E-state index >= 15 is 0 Å². The zero-order valence-corrected chi connectivity index (χ0v) is 17.2. The second-order valence-electron chi connectivity index (χ2n) is 5.41. The number of benzene rings is 1. The van der Waals surface area contributed by atoms with Gasteiger partial charge in [0.2, 0.25) is 5.88 Å². The molecule has 0 saturated carbocycles. The second-order valence-corrected chi connectivity index (χ2v) is 7.27. The molecule has 0 atom stereocenters. The Bertz CT molecular complexity index is 1060. The lowest BCUT2D eigenvalue weighted by Crippen LogP contribution is -2.06. The number of hydrogen-bond donors (Lipinski definition) is 0. The van der Waals surface area contributed by atoms with Gasteiger partial charge in [-0.25, -0.2) is 9.07 Å². The first kappa shape index (κ1) is 21.3. The molecule has 6 nitrogen and oxygen atoms in total. The highest BCUT2D eigenvalue weighted by molar-refractivity contribution is 7.15. The average molecular weight is 466 g/mol. The first-order chi connectivity index (χ1) is 13.8. The number of nitrogens with zero attached hydrogens (tertiary/aromatic N) is 3. The molecule has 29 heavy (non-hydrogen) atoms. The number of thiophene rings is 1. The molecule has 0 aliphatic rings. The van der Waals surface area contributed by atoms with E-state index in [1.165, 1.54) is 37.8 Å². The largest absolute Gasteiger partial charge is 0.445 e. The quantitative estimate of drug-likeness (QED) is 0.318. The molecule has 0 spiro atoms. The van der Waals surface area contributed by atoms with E-state index in [4.69, 9.17) is 27.9 Å². The van der Waals surface area contributed by atoms with E-state index in [9.17, 15) is 13.2 Å². The van der Waals surface area contributed by atoms with Gasteiger partial charge in [0.15, 0.2) is 5.06 Å². The molecule has 3 rings (SSSR count). The van der Waals surface area contributed by atoms with E-state index in [1.54, 1.807) is 12.1 Å². The molecule has 0 radical (unpaired) electrons. The van der Waals surface area contributed by atoms with Crippen LogP contribution in [0.1, 0.15) is 4.88 Å². The van der Waals surface area contributed by atoms with Crippen LogP contribution in [0.5, 0.6) is 16.7 Å². The van der Waals surface area contributed by atoms with Crippen molar-refractivity contribution in [3.05, 3.63) is 45.0 Å². The van der Waals surface area contributed by atoms with Crippen molar-refractivity contribution < 1.29 is 27.5 Å². The summed E-state index contributed by atoms with van der Waals surface area (Å²) in [6.45, 7) is -3.11. The van der Waals surface area contributed by atoms with Gasteiger partial charge in [-0.05, 0) is 24.3 Å². The highest BCUT2D eigenvalue weighted by atomic mass is 35.5. The Morgan fingerprint density at radius 3 is 2.72 bits per heavy atom. The molecule has 0 bridgehead atoms. The molecule has 0 amide bonds. The average Bonchev–Trinajstić information content (AvgIpc) is 3.21. The fourth-order valence-corrected chi connectivity index (χ4v) is 3.55. The third kappa shape index (κ3) is 4.77. The smallest absolute Gasteiger partial charge is 0.388 e. The summed E-state index contributed by atoms with van der Waals surface area (Å²) in [6, 6.07) is 5.71. The van der Waals surface area contributed by atoms with Gasteiger partial charge in [0.25, 0.3) is 0 Å². The van der Waals surface area contributed by atoms with Crippen molar-refractivity contribution in [2.75, 3.05) is 7.11 Å². The monoisotopic (exact) mass is 465 g/mol. The third-order valence-electron chi connectivity index (χ3n) is 3.52. The molecule has 0 fully saturated rings. The van der Waals surface area contributed by atoms with Crippen molar-refractivity contribution in [2.24, 2.45) is 12.2 Å². The minimum absolute atomic E-state index is 0.00265. The number of rotatable bonds is 7. The molecule has 1 aromatic carbocycles. The van der Waals surface area contributed by atoms with Crippen molar-refractivity contribution >= 4 is 40.8 Å². The summed E-state index contributed by atoms with van der Waals surface area (Å²) < 4.78 is 50.7. The molecular formula is C17H12Cl2F3N3O3S. The molecule has 12 heteroatoms. The lowest BCUT2D eigenvalue weighted by molar-refractivity contribution is -0.0552. The third-order valence-corrected chi connectivity index (χ3v) is 5.05. The zero-order chi connectivity index (χ0) is 21.1. The lowest BCUT2D eigenvalue weighted by Gasteiger charge is -2.08. The molecule has 0 aliphatic carbocycles. The number of aryl methyl sites for hydroxylation is 1. The molecule has 2 heterocycles. The van der Waals surface area contributed by atoms with Gasteiger partial charge in [-0.3, -0.25) is 0 Å². The van der Waals surface area contributed by atoms with Gasteiger partial charge in [-0.2, -0.15) is 13.9 Å². The molecular weight excluding hydrogens is 454 g/mol. The first-order valence-electron chi connectivity index (χ1n) is 7.81. The molecule has 0 aliphatic heterocycles. The van der Waals surface area contributed by atoms with E-state index in [0.717, 1.165) is 15.6 Å². The summed E-state index contributed by atoms with van der Waals surface area (Å²) >= 11 is 13.4. The van der Waals surface area contributed by atoms with Crippen LogP contribution in [0.25, 0.3) is 11.3 Å². The van der Waals surface area contributed by atoms with Gasteiger partial charge in [-0.15, -0.1) is 0 Å². The molecule has 2 aromatic heterocycles. The fraction of sp³-hybridized carbons (Fsp3) is 0.176. The first-order valence-corrected chi connectivity index (χ1v) is 9.38. The van der Waals surface area contributed by atoms with E-state index < -0.39 is 18.3 Å². The lowest BCUT2D eigenvalue weighted by atomic mass is 10.1. The Kier molecular flexibility index (Phi) is 6.56. The van der Waals surface area contributed by atoms with Crippen LogP contribution >= 0.6 is 34.5 Å².